The first-order valence-electron chi connectivity index (χ1n) is 6.44. The van der Waals surface area contributed by atoms with Gasteiger partial charge >= 0.3 is 5.97 Å². The molecule has 0 unspecified atom stereocenters. The van der Waals surface area contributed by atoms with Crippen LogP contribution in [0.25, 0.3) is 0 Å². The van der Waals surface area contributed by atoms with Crippen LogP contribution in [0.15, 0.2) is 18.2 Å². The minimum Gasteiger partial charge on any atom is -0.491 e. The lowest BCUT2D eigenvalue weighted by Gasteiger charge is -2.24. The van der Waals surface area contributed by atoms with Crippen LogP contribution in [0.5, 0.6) is 5.75 Å². The fraction of sp³-hybridized carbons (Fsp3) is 0.429. The Morgan fingerprint density at radius 3 is 2.85 bits per heavy atom. The molecule has 108 valence electrons. The zero-order valence-corrected chi connectivity index (χ0v) is 11.6. The Morgan fingerprint density at radius 1 is 1.45 bits per heavy atom. The van der Waals surface area contributed by atoms with Gasteiger partial charge in [0, 0.05) is 13.1 Å². The van der Waals surface area contributed by atoms with Gasteiger partial charge in [-0.15, -0.1) is 0 Å². The Bertz CT molecular complexity index is 528. The maximum atomic E-state index is 12.2. The molecule has 0 radical (unpaired) electrons. The summed E-state index contributed by atoms with van der Waals surface area (Å²) in [7, 11) is 3.85. The summed E-state index contributed by atoms with van der Waals surface area (Å²) in [6.45, 7) is 1.52. The van der Waals surface area contributed by atoms with Gasteiger partial charge in [0.05, 0.1) is 24.3 Å². The number of likely N-dealkylation sites (N-methyl/N-ethyl adjacent to an activating group) is 1. The molecule has 0 saturated carbocycles. The summed E-state index contributed by atoms with van der Waals surface area (Å²) in [6, 6.07) is 4.59. The molecule has 20 heavy (non-hydrogen) atoms. The highest BCUT2D eigenvalue weighted by Gasteiger charge is 2.24. The first-order chi connectivity index (χ1) is 9.49. The fourth-order valence-electron chi connectivity index (χ4n) is 2.05. The molecule has 1 aliphatic heterocycles. The molecule has 1 aromatic rings. The molecule has 2 rings (SSSR count). The molecule has 0 spiro atoms. The van der Waals surface area contributed by atoms with Crippen molar-refractivity contribution in [2.24, 2.45) is 0 Å². The number of rotatable bonds is 4. The SMILES string of the molecule is CN(C)CCN1C(=O)CCOc2ccc(C(=O)O)cc21. The van der Waals surface area contributed by atoms with Crippen LogP contribution >= 0.6 is 0 Å². The molecule has 0 fully saturated rings. The second-order valence-electron chi connectivity index (χ2n) is 4.93. The van der Waals surface area contributed by atoms with Crippen molar-refractivity contribution in [3.05, 3.63) is 23.8 Å². The second-order valence-corrected chi connectivity index (χ2v) is 4.93. The van der Waals surface area contributed by atoms with Gasteiger partial charge in [-0.3, -0.25) is 4.79 Å². The van der Waals surface area contributed by atoms with Crippen LogP contribution in [0, 0.1) is 0 Å². The van der Waals surface area contributed by atoms with Crippen LogP contribution in [0.3, 0.4) is 0 Å². The van der Waals surface area contributed by atoms with E-state index < -0.39 is 5.97 Å². The number of benzene rings is 1. The van der Waals surface area contributed by atoms with Crippen molar-refractivity contribution in [2.45, 2.75) is 6.42 Å². The molecule has 1 aromatic carbocycles. The molecule has 6 heteroatoms. The summed E-state index contributed by atoms with van der Waals surface area (Å²) >= 11 is 0. The molecule has 0 atom stereocenters. The van der Waals surface area contributed by atoms with E-state index >= 15 is 0 Å². The Hall–Kier alpha value is -2.08. The topological polar surface area (TPSA) is 70.1 Å². The predicted octanol–water partition coefficient (Wildman–Crippen LogP) is 1.06. The standard InChI is InChI=1S/C14H18N2O4/c1-15(2)6-7-16-11-9-10(14(18)19)3-4-12(11)20-8-5-13(16)17/h3-4,9H,5-8H2,1-2H3,(H,18,19). The van der Waals surface area contributed by atoms with Gasteiger partial charge in [0.25, 0.3) is 0 Å². The lowest BCUT2D eigenvalue weighted by molar-refractivity contribution is -0.118. The van der Waals surface area contributed by atoms with Gasteiger partial charge in [0.2, 0.25) is 5.91 Å². The molecular formula is C14H18N2O4. The van der Waals surface area contributed by atoms with E-state index in [1.807, 2.05) is 19.0 Å². The minimum atomic E-state index is -1.02. The van der Waals surface area contributed by atoms with Crippen molar-refractivity contribution in [1.82, 2.24) is 4.90 Å². The number of carbonyl (C=O) groups excluding carboxylic acids is 1. The van der Waals surface area contributed by atoms with Crippen molar-refractivity contribution in [2.75, 3.05) is 38.7 Å². The smallest absolute Gasteiger partial charge is 0.335 e. The van der Waals surface area contributed by atoms with Crippen LogP contribution in [-0.2, 0) is 4.79 Å². The highest BCUT2D eigenvalue weighted by molar-refractivity contribution is 5.98. The number of carboxylic acid groups (broad SMARTS) is 1. The van der Waals surface area contributed by atoms with Gasteiger partial charge in [-0.1, -0.05) is 0 Å². The lowest BCUT2D eigenvalue weighted by atomic mass is 10.1. The Kier molecular flexibility index (Phi) is 4.24. The molecule has 1 heterocycles. The predicted molar refractivity (Wildman–Crippen MR) is 74.4 cm³/mol. The normalized spacial score (nSPS) is 14.8. The lowest BCUT2D eigenvalue weighted by Crippen LogP contribution is -2.36. The third kappa shape index (κ3) is 3.08. The van der Waals surface area contributed by atoms with Crippen molar-refractivity contribution in [3.8, 4) is 5.75 Å². The maximum Gasteiger partial charge on any atom is 0.335 e. The molecule has 1 aliphatic rings. The van der Waals surface area contributed by atoms with Crippen molar-refractivity contribution < 1.29 is 19.4 Å². The molecule has 0 aliphatic carbocycles. The molecule has 6 nitrogen and oxygen atoms in total. The minimum absolute atomic E-state index is 0.0480. The number of anilines is 1. The van der Waals surface area contributed by atoms with Gasteiger partial charge in [0.15, 0.2) is 0 Å². The Labute approximate surface area is 117 Å². The number of ether oxygens (including phenoxy) is 1. The van der Waals surface area contributed by atoms with Crippen LogP contribution in [0.1, 0.15) is 16.8 Å². The summed E-state index contributed by atoms with van der Waals surface area (Å²) in [5.41, 5.74) is 0.686. The van der Waals surface area contributed by atoms with Crippen LogP contribution in [-0.4, -0.2) is 55.7 Å². The quantitative estimate of drug-likeness (QED) is 0.892. The number of hydrogen-bond acceptors (Lipinski definition) is 4. The van der Waals surface area contributed by atoms with Crippen molar-refractivity contribution in [1.29, 1.82) is 0 Å². The van der Waals surface area contributed by atoms with Gasteiger partial charge < -0.3 is 19.6 Å². The second kappa shape index (κ2) is 5.92. The molecule has 0 aromatic heterocycles. The molecule has 1 N–H and O–H groups in total. The number of amides is 1. The molecule has 0 bridgehead atoms. The van der Waals surface area contributed by atoms with E-state index in [4.69, 9.17) is 9.84 Å². The third-order valence-corrected chi connectivity index (χ3v) is 3.14. The molecule has 1 amide bonds. The van der Waals surface area contributed by atoms with Crippen molar-refractivity contribution in [3.63, 3.8) is 0 Å². The fourth-order valence-corrected chi connectivity index (χ4v) is 2.05. The van der Waals surface area contributed by atoms with E-state index in [0.29, 0.717) is 37.6 Å². The van der Waals surface area contributed by atoms with E-state index in [0.717, 1.165) is 0 Å². The average molecular weight is 278 g/mol. The van der Waals surface area contributed by atoms with E-state index in [-0.39, 0.29) is 11.5 Å². The summed E-state index contributed by atoms with van der Waals surface area (Å²) in [6.07, 6.45) is 0.296. The molecular weight excluding hydrogens is 260 g/mol. The Morgan fingerprint density at radius 2 is 2.20 bits per heavy atom. The summed E-state index contributed by atoms with van der Waals surface area (Å²) in [4.78, 5) is 26.8. The van der Waals surface area contributed by atoms with Gasteiger partial charge in [-0.05, 0) is 32.3 Å². The zero-order valence-electron chi connectivity index (χ0n) is 11.6. The highest BCUT2D eigenvalue weighted by Crippen LogP contribution is 2.32. The summed E-state index contributed by atoms with van der Waals surface area (Å²) in [5, 5.41) is 9.07. The zero-order chi connectivity index (χ0) is 14.7. The monoisotopic (exact) mass is 278 g/mol. The highest BCUT2D eigenvalue weighted by atomic mass is 16.5. The van der Waals surface area contributed by atoms with Gasteiger partial charge in [0.1, 0.15) is 5.75 Å². The first-order valence-corrected chi connectivity index (χ1v) is 6.44. The van der Waals surface area contributed by atoms with E-state index in [1.54, 1.807) is 11.0 Å². The Balaban J connectivity index is 2.37. The average Bonchev–Trinajstić information content (AvgIpc) is 2.54. The number of carbonyl (C=O) groups is 2. The van der Waals surface area contributed by atoms with E-state index in [1.165, 1.54) is 12.1 Å². The van der Waals surface area contributed by atoms with E-state index in [2.05, 4.69) is 0 Å². The first kappa shape index (κ1) is 14.3. The van der Waals surface area contributed by atoms with Crippen LogP contribution in [0.4, 0.5) is 5.69 Å². The summed E-state index contributed by atoms with van der Waals surface area (Å²) < 4.78 is 5.52. The van der Waals surface area contributed by atoms with Crippen molar-refractivity contribution >= 4 is 17.6 Å². The van der Waals surface area contributed by atoms with E-state index in [9.17, 15) is 9.59 Å². The molecule has 0 saturated heterocycles. The number of nitrogens with zero attached hydrogens (tertiary/aromatic N) is 2. The number of aromatic carboxylic acids is 1. The van der Waals surface area contributed by atoms with Gasteiger partial charge in [-0.25, -0.2) is 4.79 Å². The third-order valence-electron chi connectivity index (χ3n) is 3.14. The van der Waals surface area contributed by atoms with Gasteiger partial charge in [-0.2, -0.15) is 0 Å². The van der Waals surface area contributed by atoms with Crippen LogP contribution in [0.2, 0.25) is 0 Å². The number of carboxylic acids is 1. The maximum absolute atomic E-state index is 12.2. The largest absolute Gasteiger partial charge is 0.491 e. The van der Waals surface area contributed by atoms with Crippen LogP contribution < -0.4 is 9.64 Å². The number of hydrogen-bond donors (Lipinski definition) is 1. The number of fused-ring (bicyclic) bond motifs is 1. The summed E-state index contributed by atoms with van der Waals surface area (Å²) in [5.74, 6) is -0.509.